The fourth-order valence-electron chi connectivity index (χ4n) is 2.49. The Morgan fingerprint density at radius 1 is 1.43 bits per heavy atom. The van der Waals surface area contributed by atoms with Gasteiger partial charge in [-0.2, -0.15) is 4.31 Å². The number of halogens is 1. The molecule has 0 aromatic heterocycles. The third kappa shape index (κ3) is 3.76. The van der Waals surface area contributed by atoms with Gasteiger partial charge in [-0.15, -0.1) is 0 Å². The van der Waals surface area contributed by atoms with Crippen molar-refractivity contribution in [3.63, 3.8) is 0 Å². The van der Waals surface area contributed by atoms with E-state index in [1.807, 2.05) is 13.8 Å². The van der Waals surface area contributed by atoms with E-state index in [0.29, 0.717) is 6.61 Å². The van der Waals surface area contributed by atoms with Crippen molar-refractivity contribution in [2.75, 3.05) is 26.8 Å². The predicted octanol–water partition coefficient (Wildman–Crippen LogP) is 2.15. The van der Waals surface area contributed by atoms with Gasteiger partial charge in [-0.05, 0) is 26.0 Å². The molecule has 0 amide bonds. The number of hydrogen-bond donors (Lipinski definition) is 0. The molecule has 0 spiro atoms. The fourth-order valence-corrected chi connectivity index (χ4v) is 4.61. The molecule has 0 N–H and O–H groups in total. The van der Waals surface area contributed by atoms with Gasteiger partial charge < -0.3 is 9.47 Å². The molecule has 1 aromatic rings. The smallest absolute Gasteiger partial charge is 0.244 e. The Morgan fingerprint density at radius 2 is 2.10 bits per heavy atom. The minimum Gasteiger partial charge on any atom is -0.382 e. The highest BCUT2D eigenvalue weighted by atomic mass is 35.5. The lowest BCUT2D eigenvalue weighted by Crippen LogP contribution is -2.55. The molecule has 0 radical (unpaired) electrons. The van der Waals surface area contributed by atoms with Crippen molar-refractivity contribution in [2.24, 2.45) is 0 Å². The summed E-state index contributed by atoms with van der Waals surface area (Å²) in [5.74, 6) is 0. The summed E-state index contributed by atoms with van der Waals surface area (Å²) >= 11 is 6.03. The van der Waals surface area contributed by atoms with Crippen molar-refractivity contribution in [1.82, 2.24) is 4.31 Å². The lowest BCUT2D eigenvalue weighted by molar-refractivity contribution is -0.135. The highest BCUT2D eigenvalue weighted by molar-refractivity contribution is 7.89. The van der Waals surface area contributed by atoms with E-state index in [-0.39, 0.29) is 29.1 Å². The van der Waals surface area contributed by atoms with Gasteiger partial charge in [-0.25, -0.2) is 8.42 Å². The molecule has 1 heterocycles. The summed E-state index contributed by atoms with van der Waals surface area (Å²) < 4.78 is 37.9. The normalized spacial score (nSPS) is 23.1. The van der Waals surface area contributed by atoms with Gasteiger partial charge in [0.2, 0.25) is 10.0 Å². The van der Waals surface area contributed by atoms with E-state index in [1.165, 1.54) is 10.4 Å². The number of nitrogens with zero attached hydrogens (tertiary/aromatic N) is 1. The Bertz CT molecular complexity index is 603. The van der Waals surface area contributed by atoms with Crippen LogP contribution in [0.4, 0.5) is 0 Å². The van der Waals surface area contributed by atoms with Crippen molar-refractivity contribution < 1.29 is 17.9 Å². The van der Waals surface area contributed by atoms with Crippen LogP contribution in [0.5, 0.6) is 0 Å². The Balaban J connectivity index is 2.33. The van der Waals surface area contributed by atoms with Crippen LogP contribution in [-0.2, 0) is 19.5 Å². The maximum atomic E-state index is 12.8. The standard InChI is InChI=1S/C14H20ClNO4S/c1-14(2)10-16(8-11(20-14)9-19-3)21(17,18)13-7-5-4-6-12(13)15/h4-7,11H,8-10H2,1-3H3. The summed E-state index contributed by atoms with van der Waals surface area (Å²) in [6.45, 7) is 4.61. The van der Waals surface area contributed by atoms with E-state index in [2.05, 4.69) is 0 Å². The Kier molecular flexibility index (Phi) is 4.95. The first-order valence-corrected chi connectivity index (χ1v) is 8.49. The molecule has 0 saturated carbocycles. The molecule has 0 aliphatic carbocycles. The van der Waals surface area contributed by atoms with Gasteiger partial charge in [0.25, 0.3) is 0 Å². The largest absolute Gasteiger partial charge is 0.382 e. The number of rotatable bonds is 4. The highest BCUT2D eigenvalue weighted by Crippen LogP contribution is 2.29. The second-order valence-electron chi connectivity index (χ2n) is 5.68. The molecule has 1 unspecified atom stereocenters. The first-order valence-electron chi connectivity index (χ1n) is 6.68. The van der Waals surface area contributed by atoms with Crippen LogP contribution >= 0.6 is 11.6 Å². The van der Waals surface area contributed by atoms with Gasteiger partial charge >= 0.3 is 0 Å². The van der Waals surface area contributed by atoms with Crippen molar-refractivity contribution in [3.05, 3.63) is 29.3 Å². The van der Waals surface area contributed by atoms with E-state index in [0.717, 1.165) is 0 Å². The Morgan fingerprint density at radius 3 is 2.71 bits per heavy atom. The SMILES string of the molecule is COCC1CN(S(=O)(=O)c2ccccc2Cl)CC(C)(C)O1. The molecule has 21 heavy (non-hydrogen) atoms. The third-order valence-corrected chi connectivity index (χ3v) is 5.57. The molecular formula is C14H20ClNO4S. The summed E-state index contributed by atoms with van der Waals surface area (Å²) in [6.07, 6.45) is -0.295. The summed E-state index contributed by atoms with van der Waals surface area (Å²) in [5.41, 5.74) is -0.574. The zero-order valence-electron chi connectivity index (χ0n) is 12.4. The van der Waals surface area contributed by atoms with Gasteiger partial charge in [0.1, 0.15) is 4.90 Å². The van der Waals surface area contributed by atoms with Crippen LogP contribution in [-0.4, -0.2) is 51.2 Å². The molecule has 1 aliphatic heterocycles. The fraction of sp³-hybridized carbons (Fsp3) is 0.571. The van der Waals surface area contributed by atoms with E-state index in [1.54, 1.807) is 25.3 Å². The van der Waals surface area contributed by atoms with Crippen LogP contribution < -0.4 is 0 Å². The van der Waals surface area contributed by atoms with E-state index >= 15 is 0 Å². The average Bonchev–Trinajstić information content (AvgIpc) is 2.37. The summed E-state index contributed by atoms with van der Waals surface area (Å²) in [7, 11) is -2.08. The molecule has 2 rings (SSSR count). The van der Waals surface area contributed by atoms with Crippen LogP contribution in [0, 0.1) is 0 Å². The monoisotopic (exact) mass is 333 g/mol. The molecule has 1 aromatic carbocycles. The van der Waals surface area contributed by atoms with Gasteiger partial charge in [-0.3, -0.25) is 0 Å². The molecule has 1 atom stereocenters. The molecule has 1 aliphatic rings. The van der Waals surface area contributed by atoms with Crippen LogP contribution in [0.15, 0.2) is 29.2 Å². The van der Waals surface area contributed by atoms with Crippen LogP contribution in [0.2, 0.25) is 5.02 Å². The quantitative estimate of drug-likeness (QED) is 0.847. The van der Waals surface area contributed by atoms with E-state index in [4.69, 9.17) is 21.1 Å². The summed E-state index contributed by atoms with van der Waals surface area (Å²) in [5, 5.41) is 0.227. The first-order chi connectivity index (χ1) is 9.76. The van der Waals surface area contributed by atoms with Crippen molar-refractivity contribution in [2.45, 2.75) is 30.4 Å². The Hall–Kier alpha value is -0.660. The molecular weight excluding hydrogens is 314 g/mol. The Labute approximate surface area is 130 Å². The number of sulfonamides is 1. The second-order valence-corrected chi connectivity index (χ2v) is 8.00. The van der Waals surface area contributed by atoms with Crippen LogP contribution in [0.1, 0.15) is 13.8 Å². The van der Waals surface area contributed by atoms with E-state index in [9.17, 15) is 8.42 Å². The molecule has 0 bridgehead atoms. The van der Waals surface area contributed by atoms with Gasteiger partial charge in [0.15, 0.2) is 0 Å². The number of ether oxygens (including phenoxy) is 2. The number of morpholine rings is 1. The zero-order valence-corrected chi connectivity index (χ0v) is 13.9. The second kappa shape index (κ2) is 6.22. The zero-order chi connectivity index (χ0) is 15.7. The predicted molar refractivity (Wildman–Crippen MR) is 81.0 cm³/mol. The average molecular weight is 334 g/mol. The van der Waals surface area contributed by atoms with Gasteiger partial charge in [-0.1, -0.05) is 23.7 Å². The number of benzene rings is 1. The first kappa shape index (κ1) is 16.7. The minimum absolute atomic E-state index is 0.125. The molecule has 118 valence electrons. The maximum Gasteiger partial charge on any atom is 0.244 e. The summed E-state index contributed by atoms with van der Waals surface area (Å²) in [4.78, 5) is 0.125. The molecule has 5 nitrogen and oxygen atoms in total. The highest BCUT2D eigenvalue weighted by Gasteiger charge is 2.39. The van der Waals surface area contributed by atoms with Gasteiger partial charge in [0.05, 0.1) is 23.3 Å². The maximum absolute atomic E-state index is 12.8. The molecule has 1 fully saturated rings. The van der Waals surface area contributed by atoms with Crippen molar-refractivity contribution >= 4 is 21.6 Å². The summed E-state index contributed by atoms with van der Waals surface area (Å²) in [6, 6.07) is 6.47. The molecule has 7 heteroatoms. The lowest BCUT2D eigenvalue weighted by Gasteiger charge is -2.41. The van der Waals surface area contributed by atoms with E-state index < -0.39 is 15.6 Å². The lowest BCUT2D eigenvalue weighted by atomic mass is 10.1. The molecule has 1 saturated heterocycles. The topological polar surface area (TPSA) is 55.8 Å². The van der Waals surface area contributed by atoms with Gasteiger partial charge in [0, 0.05) is 20.2 Å². The van der Waals surface area contributed by atoms with Crippen molar-refractivity contribution in [1.29, 1.82) is 0 Å². The minimum atomic E-state index is -3.65. The van der Waals surface area contributed by atoms with Crippen LogP contribution in [0.3, 0.4) is 0 Å². The van der Waals surface area contributed by atoms with Crippen molar-refractivity contribution in [3.8, 4) is 0 Å². The third-order valence-electron chi connectivity index (χ3n) is 3.26. The van der Waals surface area contributed by atoms with Crippen LogP contribution in [0.25, 0.3) is 0 Å². The number of hydrogen-bond acceptors (Lipinski definition) is 4. The number of methoxy groups -OCH3 is 1.